The van der Waals surface area contributed by atoms with Gasteiger partial charge in [0.15, 0.2) is 0 Å². The molecule has 1 N–H and O–H groups in total. The molecule has 69 heavy (non-hydrogen) atoms. The molecule has 0 amide bonds. The van der Waals surface area contributed by atoms with Crippen LogP contribution in [0, 0.1) is 0 Å². The van der Waals surface area contributed by atoms with Gasteiger partial charge in [0.1, 0.15) is 12.5 Å². The summed E-state index contributed by atoms with van der Waals surface area (Å²) in [7, 11) is 0. The first-order valence-corrected chi connectivity index (χ1v) is 24.1. The lowest BCUT2D eigenvalue weighted by atomic mass is 10.1. The molecule has 348 valence electrons. The molecule has 0 radical (unpaired) electrons. The molecule has 0 bridgehead atoms. The van der Waals surface area contributed by atoms with Crippen molar-refractivity contribution in [3.05, 3.63) is 232 Å². The molecule has 19 heteroatoms. The van der Waals surface area contributed by atoms with Crippen LogP contribution in [0.25, 0.3) is 22.5 Å². The number of carbonyl (C=O) groups excluding carboxylic acids is 2. The van der Waals surface area contributed by atoms with Crippen LogP contribution < -0.4 is 11.1 Å². The minimum Gasteiger partial charge on any atom is -0.472 e. The summed E-state index contributed by atoms with van der Waals surface area (Å²) in [4.78, 5) is 63.3. The van der Waals surface area contributed by atoms with Crippen molar-refractivity contribution in [3.63, 3.8) is 0 Å². The summed E-state index contributed by atoms with van der Waals surface area (Å²) in [5.41, 5.74) is 6.04. The van der Waals surface area contributed by atoms with Gasteiger partial charge in [0.2, 0.25) is 5.56 Å². The Balaban J connectivity index is 0.000000163. The van der Waals surface area contributed by atoms with E-state index in [2.05, 4.69) is 25.1 Å². The average molecular weight is 1020 g/mol. The molecule has 0 saturated heterocycles. The van der Waals surface area contributed by atoms with Crippen LogP contribution in [-0.2, 0) is 38.1 Å². The Hall–Kier alpha value is -7.21. The third-order valence-corrected chi connectivity index (χ3v) is 13.1. The van der Waals surface area contributed by atoms with Crippen molar-refractivity contribution in [2.75, 3.05) is 0 Å². The first kappa shape index (κ1) is 48.3. The number of alkyl halides is 1. The first-order valence-electron chi connectivity index (χ1n) is 21.2. The maximum atomic E-state index is 13.1. The molecule has 0 aliphatic carbocycles. The van der Waals surface area contributed by atoms with Crippen molar-refractivity contribution in [1.29, 1.82) is 0 Å². The Morgan fingerprint density at radius 2 is 1.17 bits per heavy atom. The van der Waals surface area contributed by atoms with Gasteiger partial charge in [0, 0.05) is 69.2 Å². The number of aryl methyl sites for hydroxylation is 4. The molecule has 0 aliphatic heterocycles. The van der Waals surface area contributed by atoms with Crippen molar-refractivity contribution in [2.24, 2.45) is 0 Å². The quantitative estimate of drug-likeness (QED) is 0.109. The lowest BCUT2D eigenvalue weighted by Gasteiger charge is -2.06. The SMILES string of the molecule is ClCc1ccccn1.O=C(c1ccoc1)n1nc(-c2cc[nH]c(=O)c2)cc1CCc1ccc(Cl)s1.O=C(c1ccoc1)n1nc(-c2ccn(Cc3ccccn3)c(=O)c2)cc1CCc1ccc(Cl)s1. The van der Waals surface area contributed by atoms with E-state index in [-0.39, 0.29) is 22.9 Å². The van der Waals surface area contributed by atoms with Gasteiger partial charge in [-0.15, -0.1) is 34.3 Å². The minimum atomic E-state index is -0.289. The minimum absolute atomic E-state index is 0.173. The molecule has 14 nitrogen and oxygen atoms in total. The summed E-state index contributed by atoms with van der Waals surface area (Å²) in [6, 6.07) is 32.4. The van der Waals surface area contributed by atoms with Crippen molar-refractivity contribution < 1.29 is 18.4 Å². The molecule has 0 atom stereocenters. The molecule has 0 fully saturated rings. The highest BCUT2D eigenvalue weighted by atomic mass is 35.5. The molecule has 10 aromatic heterocycles. The lowest BCUT2D eigenvalue weighted by Crippen LogP contribution is -2.19. The summed E-state index contributed by atoms with van der Waals surface area (Å²) >= 11 is 20.5. The predicted octanol–water partition coefficient (Wildman–Crippen LogP) is 10.8. The van der Waals surface area contributed by atoms with Crippen molar-refractivity contribution in [2.45, 2.75) is 38.1 Å². The zero-order chi connectivity index (χ0) is 48.1. The Morgan fingerprint density at radius 1 is 0.623 bits per heavy atom. The molecule has 0 spiro atoms. The zero-order valence-corrected chi connectivity index (χ0v) is 40.2. The van der Waals surface area contributed by atoms with Gasteiger partial charge in [0.25, 0.3) is 17.4 Å². The van der Waals surface area contributed by atoms with Gasteiger partial charge in [-0.2, -0.15) is 10.2 Å². The number of aromatic nitrogens is 8. The number of H-pyrrole nitrogens is 1. The van der Waals surface area contributed by atoms with Gasteiger partial charge >= 0.3 is 0 Å². The van der Waals surface area contributed by atoms with E-state index >= 15 is 0 Å². The van der Waals surface area contributed by atoms with Gasteiger partial charge in [0.05, 0.1) is 67.5 Å². The second kappa shape index (κ2) is 23.2. The van der Waals surface area contributed by atoms with Gasteiger partial charge in [-0.1, -0.05) is 35.3 Å². The molecule has 0 aliphatic rings. The number of nitrogens with zero attached hydrogens (tertiary/aromatic N) is 7. The second-order valence-electron chi connectivity index (χ2n) is 15.0. The van der Waals surface area contributed by atoms with Gasteiger partial charge < -0.3 is 18.4 Å². The highest BCUT2D eigenvalue weighted by molar-refractivity contribution is 7.16. The number of thiophene rings is 2. The third-order valence-electron chi connectivity index (χ3n) is 10.3. The monoisotopic (exact) mass is 1020 g/mol. The van der Waals surface area contributed by atoms with Crippen LogP contribution in [0.4, 0.5) is 0 Å². The molecular formula is C50H39Cl3N8O6S2. The van der Waals surface area contributed by atoms with Gasteiger partial charge in [-0.3, -0.25) is 29.1 Å². The lowest BCUT2D eigenvalue weighted by molar-refractivity contribution is 0.0933. The molecule has 10 aromatic rings. The highest BCUT2D eigenvalue weighted by Gasteiger charge is 2.20. The topological polar surface area (TPSA) is 177 Å². The van der Waals surface area contributed by atoms with Crippen LogP contribution in [0.3, 0.4) is 0 Å². The molecular weight excluding hydrogens is 979 g/mol. The summed E-state index contributed by atoms with van der Waals surface area (Å²) < 4.78 is 15.9. The van der Waals surface area contributed by atoms with E-state index in [4.69, 9.17) is 43.6 Å². The van der Waals surface area contributed by atoms with Gasteiger partial charge in [-0.25, -0.2) is 9.36 Å². The number of halogens is 3. The molecule has 10 heterocycles. The van der Waals surface area contributed by atoms with Crippen LogP contribution in [0.5, 0.6) is 0 Å². The van der Waals surface area contributed by atoms with Crippen LogP contribution in [0.1, 0.15) is 53.2 Å². The Kier molecular flexibility index (Phi) is 16.2. The van der Waals surface area contributed by atoms with E-state index in [9.17, 15) is 19.2 Å². The Bertz CT molecular complexity index is 3380. The summed E-state index contributed by atoms with van der Waals surface area (Å²) in [6.07, 6.45) is 15.0. The number of hydrogen-bond donors (Lipinski definition) is 1. The number of pyridine rings is 4. The van der Waals surface area contributed by atoms with Crippen molar-refractivity contribution >= 4 is 69.3 Å². The van der Waals surface area contributed by atoms with E-state index in [1.807, 2.05) is 78.9 Å². The molecule has 0 saturated carbocycles. The van der Waals surface area contributed by atoms with E-state index < -0.39 is 0 Å². The standard InChI is InChI=1S/C25H19ClN4O3S.C19H14ClN3O3S.C6H6ClN/c26-23-7-6-21(34-23)5-4-20-14-22(28-30(20)25(32)18-9-12-33-16-18)17-8-11-29(24(31)13-17)15-19-3-1-2-10-27-19;20-17-4-3-15(27-17)2-1-14-10-16(12-5-7-21-18(24)9-12)22-23(14)19(25)13-6-8-26-11-13;7-5-6-3-1-2-4-8-6/h1-3,6-14,16H,4-5,15H2;3-11H,1-2H2,(H,21,24);1-4H,5H2. The fourth-order valence-electron chi connectivity index (χ4n) is 6.87. The number of nitrogens with one attached hydrogen (secondary N) is 1. The molecule has 10 rings (SSSR count). The summed E-state index contributed by atoms with van der Waals surface area (Å²) in [5, 5.41) is 9.00. The van der Waals surface area contributed by atoms with Crippen LogP contribution in [-0.4, -0.2) is 50.9 Å². The van der Waals surface area contributed by atoms with E-state index in [1.165, 1.54) is 69.2 Å². The van der Waals surface area contributed by atoms with Crippen molar-refractivity contribution in [1.82, 2.24) is 39.1 Å². The van der Waals surface area contributed by atoms with Crippen LogP contribution >= 0.6 is 57.5 Å². The Labute approximate surface area is 417 Å². The number of aromatic amines is 1. The maximum absolute atomic E-state index is 13.1. The molecule has 0 aromatic carbocycles. The summed E-state index contributed by atoms with van der Waals surface area (Å²) in [5.74, 6) is -0.0670. The largest absolute Gasteiger partial charge is 0.472 e. The smallest absolute Gasteiger partial charge is 0.281 e. The maximum Gasteiger partial charge on any atom is 0.281 e. The predicted molar refractivity (Wildman–Crippen MR) is 268 cm³/mol. The van der Waals surface area contributed by atoms with E-state index in [1.54, 1.807) is 47.6 Å². The summed E-state index contributed by atoms with van der Waals surface area (Å²) in [6.45, 7) is 0.377. The fraction of sp³-hybridized carbons (Fsp3) is 0.120. The first-order chi connectivity index (χ1) is 33.6. The van der Waals surface area contributed by atoms with E-state index in [0.717, 1.165) is 47.6 Å². The fourth-order valence-corrected chi connectivity index (χ4v) is 9.20. The van der Waals surface area contributed by atoms with Gasteiger partial charge in [-0.05, 0) is 111 Å². The highest BCUT2D eigenvalue weighted by Crippen LogP contribution is 2.27. The van der Waals surface area contributed by atoms with Crippen molar-refractivity contribution in [3.8, 4) is 22.5 Å². The third kappa shape index (κ3) is 12.9. The molecule has 0 unspecified atom stereocenters. The number of hydrogen-bond acceptors (Lipinski definition) is 12. The number of rotatable bonds is 13. The second-order valence-corrected chi connectivity index (χ2v) is 18.9. The number of carbonyl (C=O) groups is 2. The Morgan fingerprint density at radius 3 is 1.61 bits per heavy atom. The normalized spacial score (nSPS) is 10.8. The van der Waals surface area contributed by atoms with E-state index in [0.29, 0.717) is 65.3 Å². The number of furan rings is 2. The zero-order valence-electron chi connectivity index (χ0n) is 36.3. The van der Waals surface area contributed by atoms with Crippen LogP contribution in [0.15, 0.2) is 177 Å². The van der Waals surface area contributed by atoms with Crippen LogP contribution in [0.2, 0.25) is 8.67 Å². The average Bonchev–Trinajstić information content (AvgIpc) is 4.24.